The number of imidazole rings is 1. The van der Waals surface area contributed by atoms with Crippen molar-refractivity contribution in [1.82, 2.24) is 24.7 Å². The molecule has 0 radical (unpaired) electrons. The van der Waals surface area contributed by atoms with Crippen LogP contribution in [0.4, 0.5) is 4.79 Å². The second kappa shape index (κ2) is 8.86. The largest absolute Gasteiger partial charge is 0.475 e. The third-order valence-corrected chi connectivity index (χ3v) is 4.63. The van der Waals surface area contributed by atoms with Crippen LogP contribution in [0.2, 0.25) is 0 Å². The summed E-state index contributed by atoms with van der Waals surface area (Å²) in [6.07, 6.45) is 8.33. The summed E-state index contributed by atoms with van der Waals surface area (Å²) in [4.78, 5) is 25.5. The summed E-state index contributed by atoms with van der Waals surface area (Å²) in [5.74, 6) is 0.411. The lowest BCUT2D eigenvalue weighted by molar-refractivity contribution is 0.106. The third kappa shape index (κ3) is 4.20. The van der Waals surface area contributed by atoms with Crippen molar-refractivity contribution in [3.05, 3.63) is 55.3 Å². The lowest BCUT2D eigenvalue weighted by atomic mass is 10.1. The molecule has 1 N–H and O–H groups in total. The first-order valence-electron chi connectivity index (χ1n) is 10.0. The quantitative estimate of drug-likeness (QED) is 0.334. The van der Waals surface area contributed by atoms with Crippen molar-refractivity contribution in [2.75, 3.05) is 13.2 Å². The molecule has 0 aliphatic carbocycles. The number of carbonyl (C=O) groups is 1. The first kappa shape index (κ1) is 20.4. The summed E-state index contributed by atoms with van der Waals surface area (Å²) in [7, 11) is 0. The van der Waals surface area contributed by atoms with Crippen LogP contribution in [0.1, 0.15) is 32.1 Å². The fraction of sp³-hybridized carbons (Fsp3) is 0.273. The second-order valence-electron chi connectivity index (χ2n) is 6.82. The average Bonchev–Trinajstić information content (AvgIpc) is 3.42. The molecular weight excluding hydrogens is 398 g/mol. The number of hydrogen-bond acceptors (Lipinski definition) is 7. The van der Waals surface area contributed by atoms with Crippen LogP contribution in [0.3, 0.4) is 0 Å². The Labute approximate surface area is 178 Å². The van der Waals surface area contributed by atoms with Gasteiger partial charge in [-0.25, -0.2) is 19.7 Å². The van der Waals surface area contributed by atoms with E-state index in [-0.39, 0.29) is 0 Å². The number of furan rings is 1. The second-order valence-corrected chi connectivity index (χ2v) is 6.82. The van der Waals surface area contributed by atoms with Gasteiger partial charge in [0, 0.05) is 36.8 Å². The zero-order valence-electron chi connectivity index (χ0n) is 17.4. The highest BCUT2D eigenvalue weighted by molar-refractivity contribution is 5.89. The van der Waals surface area contributed by atoms with Crippen LogP contribution in [0.25, 0.3) is 28.0 Å². The Morgan fingerprint density at radius 2 is 2.29 bits per heavy atom. The van der Waals surface area contributed by atoms with Gasteiger partial charge in [-0.1, -0.05) is 6.08 Å². The predicted molar refractivity (Wildman–Crippen MR) is 115 cm³/mol. The van der Waals surface area contributed by atoms with E-state index in [2.05, 4.69) is 26.8 Å². The van der Waals surface area contributed by atoms with E-state index in [1.54, 1.807) is 31.5 Å². The molecule has 4 aromatic rings. The smallest absolute Gasteiger partial charge is 0.407 e. The fourth-order valence-corrected chi connectivity index (χ4v) is 3.15. The minimum Gasteiger partial charge on any atom is -0.475 e. The lowest BCUT2D eigenvalue weighted by Gasteiger charge is -2.15. The summed E-state index contributed by atoms with van der Waals surface area (Å²) in [5.41, 5.74) is 3.74. The van der Waals surface area contributed by atoms with Gasteiger partial charge in [-0.2, -0.15) is 0 Å². The van der Waals surface area contributed by atoms with Crippen LogP contribution in [0.5, 0.6) is 5.88 Å². The first-order valence-corrected chi connectivity index (χ1v) is 10.0. The number of nitrogens with zero attached hydrogens (tertiary/aromatic N) is 4. The van der Waals surface area contributed by atoms with Gasteiger partial charge in [-0.15, -0.1) is 6.58 Å². The van der Waals surface area contributed by atoms with Crippen LogP contribution in [0, 0.1) is 0 Å². The highest BCUT2D eigenvalue weighted by Crippen LogP contribution is 2.32. The minimum atomic E-state index is -0.565. The highest BCUT2D eigenvalue weighted by atomic mass is 16.6. The number of fused-ring (bicyclic) bond motifs is 2. The molecule has 4 aromatic heterocycles. The van der Waals surface area contributed by atoms with Crippen LogP contribution in [0.15, 0.2) is 54.1 Å². The number of pyridine rings is 1. The zero-order chi connectivity index (χ0) is 21.8. The molecule has 1 unspecified atom stereocenters. The van der Waals surface area contributed by atoms with Gasteiger partial charge in [0.05, 0.1) is 24.3 Å². The van der Waals surface area contributed by atoms with Crippen molar-refractivity contribution < 1.29 is 18.7 Å². The zero-order valence-corrected chi connectivity index (χ0v) is 17.4. The molecule has 31 heavy (non-hydrogen) atoms. The van der Waals surface area contributed by atoms with E-state index in [0.29, 0.717) is 59.2 Å². The lowest BCUT2D eigenvalue weighted by Crippen LogP contribution is -2.25. The van der Waals surface area contributed by atoms with Gasteiger partial charge in [-0.3, -0.25) is 0 Å². The number of aromatic nitrogens is 4. The predicted octanol–water partition coefficient (Wildman–Crippen LogP) is 4.30. The molecule has 1 atom stereocenters. The van der Waals surface area contributed by atoms with Gasteiger partial charge in [-0.05, 0) is 26.3 Å². The molecular formula is C22H23N5O4. The normalized spacial score (nSPS) is 12.1. The van der Waals surface area contributed by atoms with E-state index in [4.69, 9.17) is 13.9 Å². The molecule has 9 nitrogen and oxygen atoms in total. The molecule has 0 aliphatic rings. The average molecular weight is 421 g/mol. The molecule has 0 saturated carbocycles. The molecule has 4 heterocycles. The molecule has 0 spiro atoms. The van der Waals surface area contributed by atoms with E-state index in [0.717, 1.165) is 0 Å². The van der Waals surface area contributed by atoms with Gasteiger partial charge in [0.15, 0.2) is 5.58 Å². The number of rotatable bonds is 8. The monoisotopic (exact) mass is 421 g/mol. The topological polar surface area (TPSA) is 104 Å². The highest BCUT2D eigenvalue weighted by Gasteiger charge is 2.20. The van der Waals surface area contributed by atoms with E-state index in [9.17, 15) is 4.79 Å². The van der Waals surface area contributed by atoms with E-state index in [1.807, 2.05) is 29.8 Å². The SMILES string of the molecule is C=CCCOc1nc(-c2cc(C(C)OC(=O)NCC)nc3ccoc23)cn2ccnc12. The molecule has 4 rings (SSSR count). The van der Waals surface area contributed by atoms with Crippen molar-refractivity contribution in [2.45, 2.75) is 26.4 Å². The summed E-state index contributed by atoms with van der Waals surface area (Å²) < 4.78 is 18.8. The Bertz CT molecular complexity index is 1230. The van der Waals surface area contributed by atoms with Crippen LogP contribution < -0.4 is 10.1 Å². The van der Waals surface area contributed by atoms with Crippen LogP contribution in [-0.4, -0.2) is 38.6 Å². The number of carbonyl (C=O) groups excluding carboxylic acids is 1. The summed E-state index contributed by atoms with van der Waals surface area (Å²) in [6.45, 7) is 8.23. The Balaban J connectivity index is 1.78. The van der Waals surface area contributed by atoms with Gasteiger partial charge in [0.1, 0.15) is 11.6 Å². The molecule has 1 amide bonds. The fourth-order valence-electron chi connectivity index (χ4n) is 3.15. The van der Waals surface area contributed by atoms with E-state index in [1.165, 1.54) is 0 Å². The number of amides is 1. The summed E-state index contributed by atoms with van der Waals surface area (Å²) in [6, 6.07) is 3.58. The van der Waals surface area contributed by atoms with E-state index < -0.39 is 12.2 Å². The molecule has 0 saturated heterocycles. The molecule has 0 fully saturated rings. The Hall–Kier alpha value is -3.88. The maximum Gasteiger partial charge on any atom is 0.407 e. The van der Waals surface area contributed by atoms with Crippen LogP contribution >= 0.6 is 0 Å². The molecule has 0 aromatic carbocycles. The van der Waals surface area contributed by atoms with E-state index >= 15 is 0 Å². The number of alkyl carbamates (subject to hydrolysis) is 1. The van der Waals surface area contributed by atoms with Gasteiger partial charge < -0.3 is 23.6 Å². The van der Waals surface area contributed by atoms with Gasteiger partial charge in [0.2, 0.25) is 5.65 Å². The number of nitrogens with one attached hydrogen (secondary N) is 1. The van der Waals surface area contributed by atoms with Crippen molar-refractivity contribution in [2.24, 2.45) is 0 Å². The Morgan fingerprint density at radius 3 is 3.10 bits per heavy atom. The Morgan fingerprint density at radius 1 is 1.42 bits per heavy atom. The maximum atomic E-state index is 11.9. The van der Waals surface area contributed by atoms with Crippen molar-refractivity contribution in [3.63, 3.8) is 0 Å². The summed E-state index contributed by atoms with van der Waals surface area (Å²) >= 11 is 0. The molecule has 9 heteroatoms. The van der Waals surface area contributed by atoms with Crippen molar-refractivity contribution in [3.8, 4) is 17.1 Å². The molecule has 160 valence electrons. The standard InChI is InChI=1S/C22H23N5O4/c1-4-6-10-30-21-20-24-8-9-27(20)13-18(26-21)15-12-17(14(3)31-22(28)23-5-2)25-16-7-11-29-19(15)16/h4,7-9,11-14H,1,5-6,10H2,2-3H3,(H,23,28). The molecule has 0 aliphatic heterocycles. The first-order chi connectivity index (χ1) is 15.1. The van der Waals surface area contributed by atoms with Crippen LogP contribution in [-0.2, 0) is 4.74 Å². The number of ether oxygens (including phenoxy) is 2. The van der Waals surface area contributed by atoms with Gasteiger partial charge in [0.25, 0.3) is 5.88 Å². The van der Waals surface area contributed by atoms with Crippen molar-refractivity contribution >= 4 is 22.8 Å². The molecule has 0 bridgehead atoms. The Kier molecular flexibility index (Phi) is 5.83. The minimum absolute atomic E-state index is 0.411. The van der Waals surface area contributed by atoms with Gasteiger partial charge >= 0.3 is 6.09 Å². The summed E-state index contributed by atoms with van der Waals surface area (Å²) in [5, 5.41) is 2.62. The maximum absolute atomic E-state index is 11.9. The number of hydrogen-bond donors (Lipinski definition) is 1. The third-order valence-electron chi connectivity index (χ3n) is 4.63. The van der Waals surface area contributed by atoms with Crippen molar-refractivity contribution in [1.29, 1.82) is 0 Å².